The maximum atomic E-state index is 13.2. The zero-order valence-electron chi connectivity index (χ0n) is 17.7. The van der Waals surface area contributed by atoms with E-state index in [-0.39, 0.29) is 11.3 Å². The minimum absolute atomic E-state index is 0.0204. The maximum absolute atomic E-state index is 13.2. The number of pyridine rings is 1. The van der Waals surface area contributed by atoms with E-state index in [0.717, 1.165) is 5.69 Å². The molecule has 1 atom stereocenters. The Morgan fingerprint density at radius 2 is 1.91 bits per heavy atom. The summed E-state index contributed by atoms with van der Waals surface area (Å²) in [6.07, 6.45) is 1.59. The first kappa shape index (κ1) is 21.0. The van der Waals surface area contributed by atoms with Crippen LogP contribution in [0.15, 0.2) is 72.4 Å². The van der Waals surface area contributed by atoms with E-state index < -0.39 is 17.7 Å². The number of likely N-dealkylation sites (N-methyl/N-ethyl adjacent to an activating group) is 1. The largest absolute Gasteiger partial charge is 0.507 e. The molecular formula is C25H20ClN3O4. The van der Waals surface area contributed by atoms with Gasteiger partial charge in [-0.2, -0.15) is 0 Å². The van der Waals surface area contributed by atoms with E-state index in [2.05, 4.69) is 4.98 Å². The molecule has 1 N–H and O–H groups in total. The molecule has 166 valence electrons. The van der Waals surface area contributed by atoms with E-state index in [1.54, 1.807) is 66.9 Å². The highest BCUT2D eigenvalue weighted by Crippen LogP contribution is 2.42. The minimum Gasteiger partial charge on any atom is -0.507 e. The highest BCUT2D eigenvalue weighted by atomic mass is 35.5. The molecule has 1 saturated heterocycles. The number of anilines is 2. The van der Waals surface area contributed by atoms with Crippen LogP contribution in [0, 0.1) is 0 Å². The molecule has 5 rings (SSSR count). The third-order valence-corrected chi connectivity index (χ3v) is 6.10. The zero-order chi connectivity index (χ0) is 23.1. The lowest BCUT2D eigenvalue weighted by Gasteiger charge is -2.28. The maximum Gasteiger partial charge on any atom is 0.300 e. The number of aliphatic hydroxyl groups excluding tert-OH is 1. The molecule has 2 aliphatic rings. The first-order valence-corrected chi connectivity index (χ1v) is 10.8. The van der Waals surface area contributed by atoms with Gasteiger partial charge in [-0.25, -0.2) is 0 Å². The number of hydrogen-bond donors (Lipinski definition) is 1. The molecule has 3 aromatic rings. The molecule has 8 heteroatoms. The summed E-state index contributed by atoms with van der Waals surface area (Å²) in [7, 11) is 1.93. The van der Waals surface area contributed by atoms with Gasteiger partial charge < -0.3 is 14.7 Å². The molecule has 1 amide bonds. The number of aliphatic hydroxyl groups is 1. The molecule has 1 unspecified atom stereocenters. The normalized spacial score (nSPS) is 19.4. The van der Waals surface area contributed by atoms with Crippen LogP contribution >= 0.6 is 11.6 Å². The Balaban J connectivity index is 1.69. The molecule has 7 nitrogen and oxygen atoms in total. The number of ketones is 1. The quantitative estimate of drug-likeness (QED) is 0.358. The van der Waals surface area contributed by atoms with Gasteiger partial charge in [-0.3, -0.25) is 19.5 Å². The van der Waals surface area contributed by atoms with E-state index in [4.69, 9.17) is 16.3 Å². The molecular weight excluding hydrogens is 442 g/mol. The predicted octanol–water partition coefficient (Wildman–Crippen LogP) is 4.19. The third-order valence-electron chi connectivity index (χ3n) is 5.85. The lowest BCUT2D eigenvalue weighted by Crippen LogP contribution is -2.29. The van der Waals surface area contributed by atoms with Crippen molar-refractivity contribution in [2.24, 2.45) is 0 Å². The standard InChI is InChI=1S/C25H20ClN3O4/c1-28-12-13-33-20-10-5-15(14-19(20)28)23(30)21-22(18-4-2-3-11-27-18)29(25(32)24(21)31)17-8-6-16(26)7-9-17/h2-11,14,22,30H,12-13H2,1H3/b23-21-. The summed E-state index contributed by atoms with van der Waals surface area (Å²) in [5.41, 5.74) is 2.14. The number of hydrogen-bond acceptors (Lipinski definition) is 6. The number of nitrogens with zero attached hydrogens (tertiary/aromatic N) is 3. The summed E-state index contributed by atoms with van der Waals surface area (Å²) in [6.45, 7) is 1.27. The molecule has 33 heavy (non-hydrogen) atoms. The third kappa shape index (κ3) is 3.60. The van der Waals surface area contributed by atoms with Gasteiger partial charge in [0.1, 0.15) is 24.2 Å². The summed E-state index contributed by atoms with van der Waals surface area (Å²) < 4.78 is 5.68. The second-order valence-corrected chi connectivity index (χ2v) is 8.29. The van der Waals surface area contributed by atoms with Crippen LogP contribution in [0.1, 0.15) is 17.3 Å². The van der Waals surface area contributed by atoms with Crippen LogP contribution in [-0.2, 0) is 9.59 Å². The summed E-state index contributed by atoms with van der Waals surface area (Å²) in [6, 6.07) is 16.2. The Kier molecular flexibility index (Phi) is 5.26. The zero-order valence-corrected chi connectivity index (χ0v) is 18.5. The van der Waals surface area contributed by atoms with Crippen molar-refractivity contribution < 1.29 is 19.4 Å². The molecule has 1 aromatic heterocycles. The Morgan fingerprint density at radius 1 is 1.12 bits per heavy atom. The van der Waals surface area contributed by atoms with Gasteiger partial charge in [0.15, 0.2) is 0 Å². The van der Waals surface area contributed by atoms with E-state index in [1.165, 1.54) is 4.90 Å². The number of carbonyl (C=O) groups is 2. The van der Waals surface area contributed by atoms with E-state index in [9.17, 15) is 14.7 Å². The minimum atomic E-state index is -0.891. The van der Waals surface area contributed by atoms with Crippen LogP contribution in [0.2, 0.25) is 5.02 Å². The number of aromatic nitrogens is 1. The van der Waals surface area contributed by atoms with E-state index in [0.29, 0.717) is 40.9 Å². The first-order valence-electron chi connectivity index (χ1n) is 10.4. The number of rotatable bonds is 3. The van der Waals surface area contributed by atoms with Crippen molar-refractivity contribution in [1.82, 2.24) is 4.98 Å². The van der Waals surface area contributed by atoms with Crippen molar-refractivity contribution in [1.29, 1.82) is 0 Å². The molecule has 0 radical (unpaired) electrons. The van der Waals surface area contributed by atoms with Gasteiger partial charge >= 0.3 is 0 Å². The second kappa shape index (κ2) is 8.26. The van der Waals surface area contributed by atoms with Crippen LogP contribution in [0.3, 0.4) is 0 Å². The van der Waals surface area contributed by atoms with Crippen molar-refractivity contribution in [3.05, 3.63) is 88.7 Å². The van der Waals surface area contributed by atoms with Gasteiger partial charge in [0, 0.05) is 29.5 Å². The Labute approximate surface area is 195 Å². The van der Waals surface area contributed by atoms with Crippen molar-refractivity contribution in [3.8, 4) is 5.75 Å². The topological polar surface area (TPSA) is 83.0 Å². The fourth-order valence-corrected chi connectivity index (χ4v) is 4.30. The summed E-state index contributed by atoms with van der Waals surface area (Å²) in [5.74, 6) is -1.08. The second-order valence-electron chi connectivity index (χ2n) is 7.85. The molecule has 0 bridgehead atoms. The molecule has 3 heterocycles. The number of fused-ring (bicyclic) bond motifs is 1. The van der Waals surface area contributed by atoms with Crippen LogP contribution in [0.5, 0.6) is 5.75 Å². The molecule has 1 fully saturated rings. The lowest BCUT2D eigenvalue weighted by molar-refractivity contribution is -0.132. The number of amides is 1. The lowest BCUT2D eigenvalue weighted by atomic mass is 9.97. The van der Waals surface area contributed by atoms with Crippen molar-refractivity contribution in [2.45, 2.75) is 6.04 Å². The van der Waals surface area contributed by atoms with Gasteiger partial charge in [-0.15, -0.1) is 0 Å². The molecule has 0 saturated carbocycles. The number of benzene rings is 2. The summed E-state index contributed by atoms with van der Waals surface area (Å²) in [4.78, 5) is 34.1. The van der Waals surface area contributed by atoms with Gasteiger partial charge in [0.05, 0.1) is 23.5 Å². The molecule has 0 spiro atoms. The smallest absolute Gasteiger partial charge is 0.300 e. The Hall–Kier alpha value is -3.84. The molecule has 2 aromatic carbocycles. The predicted molar refractivity (Wildman–Crippen MR) is 126 cm³/mol. The number of carbonyl (C=O) groups excluding carboxylic acids is 2. The number of ether oxygens (including phenoxy) is 1. The van der Waals surface area contributed by atoms with E-state index >= 15 is 0 Å². The average Bonchev–Trinajstić information content (AvgIpc) is 3.10. The van der Waals surface area contributed by atoms with E-state index in [1.807, 2.05) is 11.9 Å². The SMILES string of the molecule is CN1CCOc2ccc(/C(O)=C3/C(=O)C(=O)N(c4ccc(Cl)cc4)C3c3ccccn3)cc21. The van der Waals surface area contributed by atoms with Crippen LogP contribution in [-0.4, -0.2) is 42.0 Å². The highest BCUT2D eigenvalue weighted by molar-refractivity contribution is 6.51. The van der Waals surface area contributed by atoms with Crippen LogP contribution in [0.4, 0.5) is 11.4 Å². The molecule has 2 aliphatic heterocycles. The monoisotopic (exact) mass is 461 g/mol. The van der Waals surface area contributed by atoms with Crippen molar-refractivity contribution in [3.63, 3.8) is 0 Å². The van der Waals surface area contributed by atoms with Crippen LogP contribution < -0.4 is 14.5 Å². The van der Waals surface area contributed by atoms with Gasteiger partial charge in [0.2, 0.25) is 0 Å². The van der Waals surface area contributed by atoms with Gasteiger partial charge in [-0.1, -0.05) is 17.7 Å². The Morgan fingerprint density at radius 3 is 2.64 bits per heavy atom. The van der Waals surface area contributed by atoms with Crippen LogP contribution in [0.25, 0.3) is 5.76 Å². The van der Waals surface area contributed by atoms with Crippen molar-refractivity contribution in [2.75, 3.05) is 30.0 Å². The average molecular weight is 462 g/mol. The first-order chi connectivity index (χ1) is 16.0. The van der Waals surface area contributed by atoms with Gasteiger partial charge in [-0.05, 0) is 54.6 Å². The van der Waals surface area contributed by atoms with Crippen molar-refractivity contribution >= 4 is 40.4 Å². The Bertz CT molecular complexity index is 1270. The fourth-order valence-electron chi connectivity index (χ4n) is 4.17. The fraction of sp³-hybridized carbons (Fsp3) is 0.160. The number of Topliss-reactive ketones (excluding diaryl/α,β-unsaturated/α-hetero) is 1. The summed E-state index contributed by atoms with van der Waals surface area (Å²) in [5, 5.41) is 11.8. The summed E-state index contributed by atoms with van der Waals surface area (Å²) >= 11 is 6.02. The molecule has 0 aliphatic carbocycles. The van der Waals surface area contributed by atoms with Gasteiger partial charge in [0.25, 0.3) is 11.7 Å². The highest BCUT2D eigenvalue weighted by Gasteiger charge is 2.47. The number of halogens is 1.